The monoisotopic (exact) mass is 414 g/mol. The predicted octanol–water partition coefficient (Wildman–Crippen LogP) is 2.58. The van der Waals surface area contributed by atoms with Crippen LogP contribution in [0, 0.1) is 5.92 Å². The Morgan fingerprint density at radius 2 is 1.93 bits per heavy atom. The molecule has 7 nitrogen and oxygen atoms in total. The van der Waals surface area contributed by atoms with Gasteiger partial charge in [-0.05, 0) is 60.7 Å². The van der Waals surface area contributed by atoms with E-state index in [-0.39, 0.29) is 30.1 Å². The maximum absolute atomic E-state index is 12.8. The number of ether oxygens (including phenoxy) is 2. The molecular weight excluding hydrogens is 392 g/mol. The fourth-order valence-electron chi connectivity index (χ4n) is 3.96. The second kappa shape index (κ2) is 7.03. The van der Waals surface area contributed by atoms with Crippen LogP contribution < -0.4 is 19.1 Å². The van der Waals surface area contributed by atoms with Crippen LogP contribution in [0.15, 0.2) is 41.3 Å². The van der Waals surface area contributed by atoms with E-state index in [0.717, 1.165) is 36.1 Å². The number of fused-ring (bicyclic) bond motifs is 2. The normalized spacial score (nSPS) is 17.9. The van der Waals surface area contributed by atoms with E-state index in [1.807, 2.05) is 11.0 Å². The van der Waals surface area contributed by atoms with Crippen LogP contribution in [-0.4, -0.2) is 27.7 Å². The molecule has 0 unspecified atom stereocenters. The lowest BCUT2D eigenvalue weighted by Crippen LogP contribution is -2.37. The summed E-state index contributed by atoms with van der Waals surface area (Å²) in [4.78, 5) is 14.6. The lowest BCUT2D eigenvalue weighted by atomic mass is 9.84. The van der Waals surface area contributed by atoms with Gasteiger partial charge in [-0.25, -0.2) is 13.1 Å². The first-order valence-corrected chi connectivity index (χ1v) is 11.3. The molecular formula is C21H22N2O5S. The third-order valence-electron chi connectivity index (χ3n) is 5.88. The number of amides is 1. The number of nitrogens with one attached hydrogen (secondary N) is 1. The van der Waals surface area contributed by atoms with Crippen molar-refractivity contribution in [2.24, 2.45) is 5.92 Å². The van der Waals surface area contributed by atoms with Gasteiger partial charge in [0.25, 0.3) is 0 Å². The molecule has 0 saturated heterocycles. The third kappa shape index (κ3) is 3.36. The van der Waals surface area contributed by atoms with E-state index >= 15 is 0 Å². The highest BCUT2D eigenvalue weighted by molar-refractivity contribution is 7.89. The van der Waals surface area contributed by atoms with Crippen molar-refractivity contribution in [3.05, 3.63) is 47.5 Å². The number of rotatable bonds is 5. The van der Waals surface area contributed by atoms with Crippen LogP contribution >= 0.6 is 0 Å². The lowest BCUT2D eigenvalue weighted by Gasteiger charge is -2.29. The number of carbonyl (C=O) groups is 1. The van der Waals surface area contributed by atoms with Gasteiger partial charge in [0.1, 0.15) is 0 Å². The molecule has 1 saturated carbocycles. The van der Waals surface area contributed by atoms with Crippen LogP contribution in [0.3, 0.4) is 0 Å². The highest BCUT2D eigenvalue weighted by Crippen LogP contribution is 2.36. The second-order valence-electron chi connectivity index (χ2n) is 7.67. The molecule has 0 atom stereocenters. The van der Waals surface area contributed by atoms with Gasteiger partial charge in [-0.1, -0.05) is 12.5 Å². The number of carbonyl (C=O) groups excluding carboxylic acids is 1. The van der Waals surface area contributed by atoms with Crippen LogP contribution in [0.2, 0.25) is 0 Å². The van der Waals surface area contributed by atoms with Gasteiger partial charge in [0, 0.05) is 24.7 Å². The SMILES string of the molecule is O=C(C1CCC1)N1CCc2cc(S(=O)(=O)NCc3ccc4c(c3)OCO4)ccc21. The summed E-state index contributed by atoms with van der Waals surface area (Å²) in [5, 5.41) is 0. The Hall–Kier alpha value is -2.58. The number of hydrogen-bond donors (Lipinski definition) is 1. The zero-order valence-electron chi connectivity index (χ0n) is 15.9. The van der Waals surface area contributed by atoms with Crippen LogP contribution in [0.5, 0.6) is 11.5 Å². The van der Waals surface area contributed by atoms with Gasteiger partial charge in [-0.3, -0.25) is 4.79 Å². The number of nitrogens with zero attached hydrogens (tertiary/aromatic N) is 1. The molecule has 0 radical (unpaired) electrons. The summed E-state index contributed by atoms with van der Waals surface area (Å²) in [6.07, 6.45) is 3.71. The van der Waals surface area contributed by atoms with Gasteiger partial charge in [0.15, 0.2) is 11.5 Å². The van der Waals surface area contributed by atoms with Crippen molar-refractivity contribution < 1.29 is 22.7 Å². The van der Waals surface area contributed by atoms with Crippen LogP contribution in [0.25, 0.3) is 0 Å². The van der Waals surface area contributed by atoms with Gasteiger partial charge in [0.2, 0.25) is 22.7 Å². The minimum atomic E-state index is -3.67. The third-order valence-corrected chi connectivity index (χ3v) is 7.28. The van der Waals surface area contributed by atoms with Crippen molar-refractivity contribution >= 4 is 21.6 Å². The van der Waals surface area contributed by atoms with E-state index in [9.17, 15) is 13.2 Å². The van der Waals surface area contributed by atoms with Crippen molar-refractivity contribution in [2.75, 3.05) is 18.2 Å². The zero-order valence-corrected chi connectivity index (χ0v) is 16.7. The molecule has 1 N–H and O–H groups in total. The number of sulfonamides is 1. The fourth-order valence-corrected chi connectivity index (χ4v) is 5.03. The lowest BCUT2D eigenvalue weighted by molar-refractivity contribution is -0.124. The molecule has 152 valence electrons. The minimum Gasteiger partial charge on any atom is -0.454 e. The van der Waals surface area contributed by atoms with Gasteiger partial charge in [-0.2, -0.15) is 0 Å². The first-order valence-electron chi connectivity index (χ1n) is 9.84. The topological polar surface area (TPSA) is 84.9 Å². The van der Waals surface area contributed by atoms with Crippen molar-refractivity contribution in [1.29, 1.82) is 0 Å². The van der Waals surface area contributed by atoms with E-state index < -0.39 is 10.0 Å². The molecule has 1 amide bonds. The molecule has 2 aliphatic heterocycles. The molecule has 0 bridgehead atoms. The van der Waals surface area contributed by atoms with Crippen LogP contribution in [0.4, 0.5) is 5.69 Å². The molecule has 0 spiro atoms. The maximum atomic E-state index is 12.8. The van der Waals surface area contributed by atoms with Crippen LogP contribution in [-0.2, 0) is 27.8 Å². The van der Waals surface area contributed by atoms with Crippen LogP contribution in [0.1, 0.15) is 30.4 Å². The van der Waals surface area contributed by atoms with Crippen molar-refractivity contribution in [1.82, 2.24) is 4.72 Å². The number of anilines is 1. The van der Waals surface area contributed by atoms with Gasteiger partial charge >= 0.3 is 0 Å². The molecule has 29 heavy (non-hydrogen) atoms. The molecule has 5 rings (SSSR count). The maximum Gasteiger partial charge on any atom is 0.240 e. The Bertz CT molecular complexity index is 1080. The summed E-state index contributed by atoms with van der Waals surface area (Å²) in [7, 11) is -3.67. The Morgan fingerprint density at radius 3 is 2.72 bits per heavy atom. The first kappa shape index (κ1) is 18.4. The number of hydrogen-bond acceptors (Lipinski definition) is 5. The average molecular weight is 414 g/mol. The van der Waals surface area contributed by atoms with E-state index in [1.54, 1.807) is 30.3 Å². The second-order valence-corrected chi connectivity index (χ2v) is 9.44. The molecule has 1 aliphatic carbocycles. The summed E-state index contributed by atoms with van der Waals surface area (Å²) < 4.78 is 38.8. The quantitative estimate of drug-likeness (QED) is 0.813. The Kier molecular flexibility index (Phi) is 4.48. The molecule has 2 heterocycles. The predicted molar refractivity (Wildman–Crippen MR) is 106 cm³/mol. The summed E-state index contributed by atoms with van der Waals surface area (Å²) >= 11 is 0. The van der Waals surface area contributed by atoms with E-state index in [4.69, 9.17) is 9.47 Å². The molecule has 1 fully saturated rings. The highest BCUT2D eigenvalue weighted by Gasteiger charge is 2.33. The average Bonchev–Trinajstić information content (AvgIpc) is 3.30. The fraction of sp³-hybridized carbons (Fsp3) is 0.381. The largest absolute Gasteiger partial charge is 0.454 e. The van der Waals surface area contributed by atoms with E-state index in [0.29, 0.717) is 24.5 Å². The first-order chi connectivity index (χ1) is 14.0. The molecule has 2 aromatic carbocycles. The van der Waals surface area contributed by atoms with Crippen molar-refractivity contribution in [3.8, 4) is 11.5 Å². The summed E-state index contributed by atoms with van der Waals surface area (Å²) in [6.45, 7) is 0.959. The van der Waals surface area contributed by atoms with Gasteiger partial charge in [-0.15, -0.1) is 0 Å². The minimum absolute atomic E-state index is 0.132. The standard InChI is InChI=1S/C21H22N2O5S/c24-21(15-2-1-3-15)23-9-8-16-11-17(5-6-18(16)23)29(25,26)22-12-14-4-7-19-20(10-14)28-13-27-19/h4-7,10-11,15,22H,1-3,8-9,12-13H2. The zero-order chi connectivity index (χ0) is 20.0. The van der Waals surface area contributed by atoms with E-state index in [1.165, 1.54) is 0 Å². The Morgan fingerprint density at radius 1 is 1.10 bits per heavy atom. The summed E-state index contributed by atoms with van der Waals surface area (Å²) in [6, 6.07) is 10.4. The summed E-state index contributed by atoms with van der Waals surface area (Å²) in [5.41, 5.74) is 2.54. The van der Waals surface area contributed by atoms with E-state index in [2.05, 4.69) is 4.72 Å². The molecule has 2 aromatic rings. The highest BCUT2D eigenvalue weighted by atomic mass is 32.2. The Labute approximate surface area is 169 Å². The summed E-state index contributed by atoms with van der Waals surface area (Å²) in [5.74, 6) is 1.59. The smallest absolute Gasteiger partial charge is 0.240 e. The Balaban J connectivity index is 1.31. The number of benzene rings is 2. The van der Waals surface area contributed by atoms with Crippen molar-refractivity contribution in [3.63, 3.8) is 0 Å². The van der Waals surface area contributed by atoms with Gasteiger partial charge < -0.3 is 14.4 Å². The van der Waals surface area contributed by atoms with Gasteiger partial charge in [0.05, 0.1) is 4.90 Å². The van der Waals surface area contributed by atoms with Crippen molar-refractivity contribution in [2.45, 2.75) is 37.1 Å². The molecule has 0 aromatic heterocycles. The molecule has 8 heteroatoms. The molecule has 3 aliphatic rings.